The molecule has 0 aromatic heterocycles. The minimum absolute atomic E-state index is 0.0249. The molecule has 0 saturated carbocycles. The van der Waals surface area contributed by atoms with Gasteiger partial charge in [0.05, 0.1) is 13.2 Å². The van der Waals surface area contributed by atoms with Gasteiger partial charge >= 0.3 is 0 Å². The van der Waals surface area contributed by atoms with Gasteiger partial charge in [-0.05, 0) is 50.0 Å². The number of likely N-dealkylation sites (tertiary alicyclic amines) is 1. The summed E-state index contributed by atoms with van der Waals surface area (Å²) in [5, 5.41) is 9.56. The van der Waals surface area contributed by atoms with Gasteiger partial charge in [-0.15, -0.1) is 0 Å². The second-order valence-electron chi connectivity index (χ2n) is 5.69. The number of piperidine rings is 1. The number of nitriles is 1. The monoisotopic (exact) mass is 272 g/mol. The summed E-state index contributed by atoms with van der Waals surface area (Å²) in [6, 6.07) is 8.73. The third kappa shape index (κ3) is 3.13. The standard InChI is InChI=1S/C17H24N2O/c1-13-11-15(7-8-17(13)20-3)14(2)16(12-18)19-9-5-4-6-10-19/h7-8,11,14,16H,4-6,9-10H2,1-3H3. The van der Waals surface area contributed by atoms with Crippen LogP contribution in [0.25, 0.3) is 0 Å². The molecule has 1 aromatic rings. The number of ether oxygens (including phenoxy) is 1. The van der Waals surface area contributed by atoms with Crippen molar-refractivity contribution in [3.63, 3.8) is 0 Å². The van der Waals surface area contributed by atoms with Crippen molar-refractivity contribution >= 4 is 0 Å². The molecule has 3 heteroatoms. The number of nitrogens with zero attached hydrogens (tertiary/aromatic N) is 2. The number of rotatable bonds is 4. The smallest absolute Gasteiger partial charge is 0.121 e. The van der Waals surface area contributed by atoms with E-state index in [1.54, 1.807) is 7.11 Å². The van der Waals surface area contributed by atoms with Crippen molar-refractivity contribution in [3.05, 3.63) is 29.3 Å². The Kier molecular flexibility index (Phi) is 5.03. The maximum atomic E-state index is 9.56. The highest BCUT2D eigenvalue weighted by atomic mass is 16.5. The van der Waals surface area contributed by atoms with Gasteiger partial charge < -0.3 is 4.74 Å². The molecule has 1 aliphatic heterocycles. The van der Waals surface area contributed by atoms with Gasteiger partial charge in [-0.1, -0.05) is 25.5 Å². The van der Waals surface area contributed by atoms with Crippen LogP contribution in [-0.4, -0.2) is 31.1 Å². The molecule has 0 spiro atoms. The highest BCUT2D eigenvalue weighted by molar-refractivity contribution is 5.38. The van der Waals surface area contributed by atoms with E-state index in [1.807, 2.05) is 6.07 Å². The molecule has 2 atom stereocenters. The molecule has 0 aliphatic carbocycles. The minimum atomic E-state index is -0.0249. The molecule has 1 fully saturated rings. The van der Waals surface area contributed by atoms with Gasteiger partial charge in [-0.2, -0.15) is 5.26 Å². The molecule has 0 bridgehead atoms. The molecule has 1 heterocycles. The molecule has 2 unspecified atom stereocenters. The van der Waals surface area contributed by atoms with Crippen LogP contribution in [0.3, 0.4) is 0 Å². The third-order valence-corrected chi connectivity index (χ3v) is 4.33. The molecule has 20 heavy (non-hydrogen) atoms. The van der Waals surface area contributed by atoms with Gasteiger partial charge in [0.25, 0.3) is 0 Å². The van der Waals surface area contributed by atoms with Crippen molar-refractivity contribution in [1.82, 2.24) is 4.90 Å². The van der Waals surface area contributed by atoms with Crippen molar-refractivity contribution in [2.75, 3.05) is 20.2 Å². The highest BCUT2D eigenvalue weighted by Crippen LogP contribution is 2.28. The second-order valence-corrected chi connectivity index (χ2v) is 5.69. The Labute approximate surface area is 122 Å². The van der Waals surface area contributed by atoms with Gasteiger partial charge in [0.15, 0.2) is 0 Å². The molecule has 2 rings (SSSR count). The Balaban J connectivity index is 2.17. The predicted octanol–water partition coefficient (Wildman–Crippen LogP) is 3.49. The lowest BCUT2D eigenvalue weighted by Gasteiger charge is -2.34. The molecule has 1 saturated heterocycles. The fraction of sp³-hybridized carbons (Fsp3) is 0.588. The van der Waals surface area contributed by atoms with Crippen LogP contribution in [-0.2, 0) is 0 Å². The summed E-state index contributed by atoms with van der Waals surface area (Å²) in [7, 11) is 1.69. The van der Waals surface area contributed by atoms with Crippen molar-refractivity contribution in [2.24, 2.45) is 0 Å². The molecule has 108 valence electrons. The number of hydrogen-bond acceptors (Lipinski definition) is 3. The Bertz CT molecular complexity index is 486. The van der Waals surface area contributed by atoms with Crippen molar-refractivity contribution in [3.8, 4) is 11.8 Å². The first-order valence-corrected chi connectivity index (χ1v) is 7.45. The van der Waals surface area contributed by atoms with Gasteiger partial charge in [0.1, 0.15) is 11.8 Å². The summed E-state index contributed by atoms with van der Waals surface area (Å²) in [4.78, 5) is 2.34. The van der Waals surface area contributed by atoms with Gasteiger partial charge in [0, 0.05) is 5.92 Å². The quantitative estimate of drug-likeness (QED) is 0.842. The summed E-state index contributed by atoms with van der Waals surface area (Å²) < 4.78 is 5.31. The number of hydrogen-bond donors (Lipinski definition) is 0. The van der Waals surface area contributed by atoms with Crippen molar-refractivity contribution in [2.45, 2.75) is 45.1 Å². The molecular weight excluding hydrogens is 248 g/mol. The zero-order valence-electron chi connectivity index (χ0n) is 12.7. The Morgan fingerprint density at radius 2 is 1.95 bits per heavy atom. The van der Waals surface area contributed by atoms with Gasteiger partial charge in [-0.3, -0.25) is 4.90 Å². The average molecular weight is 272 g/mol. The van der Waals surface area contributed by atoms with Crippen molar-refractivity contribution in [1.29, 1.82) is 5.26 Å². The zero-order valence-corrected chi connectivity index (χ0v) is 12.7. The van der Waals surface area contributed by atoms with E-state index in [-0.39, 0.29) is 12.0 Å². The van der Waals surface area contributed by atoms with E-state index in [1.165, 1.54) is 24.8 Å². The molecule has 0 N–H and O–H groups in total. The van der Waals surface area contributed by atoms with Crippen LogP contribution in [0.2, 0.25) is 0 Å². The fourth-order valence-corrected chi connectivity index (χ4v) is 3.07. The Morgan fingerprint density at radius 3 is 2.50 bits per heavy atom. The van der Waals surface area contributed by atoms with E-state index >= 15 is 0 Å². The van der Waals surface area contributed by atoms with E-state index in [4.69, 9.17) is 4.74 Å². The van der Waals surface area contributed by atoms with E-state index in [9.17, 15) is 5.26 Å². The number of methoxy groups -OCH3 is 1. The van der Waals surface area contributed by atoms with E-state index in [2.05, 4.69) is 36.9 Å². The lowest BCUT2D eigenvalue weighted by atomic mass is 9.90. The first-order chi connectivity index (χ1) is 9.67. The van der Waals surface area contributed by atoms with Crippen LogP contribution in [0.15, 0.2) is 18.2 Å². The van der Waals surface area contributed by atoms with E-state index in [0.717, 1.165) is 24.4 Å². The summed E-state index contributed by atoms with van der Waals surface area (Å²) in [6.45, 7) is 6.32. The number of benzene rings is 1. The Morgan fingerprint density at radius 1 is 1.25 bits per heavy atom. The minimum Gasteiger partial charge on any atom is -0.496 e. The summed E-state index contributed by atoms with van der Waals surface area (Å²) in [5.74, 6) is 1.13. The third-order valence-electron chi connectivity index (χ3n) is 4.33. The predicted molar refractivity (Wildman–Crippen MR) is 81.0 cm³/mol. The maximum absolute atomic E-state index is 9.56. The lowest BCUT2D eigenvalue weighted by molar-refractivity contribution is 0.179. The topological polar surface area (TPSA) is 36.3 Å². The van der Waals surface area contributed by atoms with Crippen LogP contribution in [0.5, 0.6) is 5.75 Å². The first-order valence-electron chi connectivity index (χ1n) is 7.45. The highest BCUT2D eigenvalue weighted by Gasteiger charge is 2.26. The van der Waals surface area contributed by atoms with Crippen LogP contribution in [0.4, 0.5) is 0 Å². The molecule has 1 aliphatic rings. The first kappa shape index (κ1) is 14.9. The molecule has 0 radical (unpaired) electrons. The average Bonchev–Trinajstić information content (AvgIpc) is 2.49. The largest absolute Gasteiger partial charge is 0.496 e. The summed E-state index contributed by atoms with van der Waals surface area (Å²) in [5.41, 5.74) is 2.35. The van der Waals surface area contributed by atoms with Crippen LogP contribution in [0.1, 0.15) is 43.2 Å². The molecular formula is C17H24N2O. The van der Waals surface area contributed by atoms with E-state index < -0.39 is 0 Å². The lowest BCUT2D eigenvalue weighted by Crippen LogP contribution is -2.41. The maximum Gasteiger partial charge on any atom is 0.121 e. The SMILES string of the molecule is COc1ccc(C(C)C(C#N)N2CCCCC2)cc1C. The second kappa shape index (κ2) is 6.76. The summed E-state index contributed by atoms with van der Waals surface area (Å²) in [6.07, 6.45) is 3.73. The van der Waals surface area contributed by atoms with Gasteiger partial charge in [-0.25, -0.2) is 0 Å². The molecule has 0 amide bonds. The fourth-order valence-electron chi connectivity index (χ4n) is 3.07. The van der Waals surface area contributed by atoms with Crippen molar-refractivity contribution < 1.29 is 4.74 Å². The van der Waals surface area contributed by atoms with E-state index in [0.29, 0.717) is 0 Å². The van der Waals surface area contributed by atoms with Crippen LogP contribution < -0.4 is 4.74 Å². The summed E-state index contributed by atoms with van der Waals surface area (Å²) >= 11 is 0. The van der Waals surface area contributed by atoms with Crippen LogP contribution in [0, 0.1) is 18.3 Å². The zero-order chi connectivity index (χ0) is 14.5. The Hall–Kier alpha value is -1.53. The molecule has 3 nitrogen and oxygen atoms in total. The number of aryl methyl sites for hydroxylation is 1. The van der Waals surface area contributed by atoms with Crippen LogP contribution >= 0.6 is 0 Å². The normalized spacial score (nSPS) is 19.1. The van der Waals surface area contributed by atoms with Gasteiger partial charge in [0.2, 0.25) is 0 Å². The molecule has 1 aromatic carbocycles.